The van der Waals surface area contributed by atoms with Gasteiger partial charge in [0.05, 0.1) is 0 Å². The number of hydrogen-bond donors (Lipinski definition) is 0. The van der Waals surface area contributed by atoms with Crippen molar-refractivity contribution in [2.75, 3.05) is 13.1 Å². The first kappa shape index (κ1) is 13.7. The Morgan fingerprint density at radius 3 is 3.14 bits per heavy atom. The third-order valence-electron chi connectivity index (χ3n) is 3.72. The molecule has 0 bridgehead atoms. The third kappa shape index (κ3) is 3.24. The molecule has 1 saturated heterocycles. The van der Waals surface area contributed by atoms with Crippen molar-refractivity contribution in [1.29, 1.82) is 0 Å². The smallest absolute Gasteiger partial charge is 0.272 e. The molecule has 1 atom stereocenters. The average Bonchev–Trinajstić information content (AvgIpc) is 3.14. The van der Waals surface area contributed by atoms with Gasteiger partial charge in [-0.3, -0.25) is 4.79 Å². The molecule has 2 aromatic heterocycles. The van der Waals surface area contributed by atoms with Crippen molar-refractivity contribution in [3.05, 3.63) is 36.0 Å². The Hall–Kier alpha value is -2.31. The molecule has 0 spiro atoms. The number of aromatic nitrogens is 4. The number of rotatable bonds is 4. The van der Waals surface area contributed by atoms with Crippen LogP contribution in [0.3, 0.4) is 0 Å². The SMILES string of the molecule is Cc1nc(CCC2CCN(C(=O)c3ccncn3)C2)no1. The third-order valence-corrected chi connectivity index (χ3v) is 3.72. The molecule has 0 N–H and O–H groups in total. The Bertz CT molecular complexity index is 613. The number of likely N-dealkylation sites (tertiary alicyclic amines) is 1. The summed E-state index contributed by atoms with van der Waals surface area (Å²) in [4.78, 5) is 26.2. The number of aryl methyl sites for hydroxylation is 2. The molecule has 3 heterocycles. The molecule has 1 aliphatic rings. The van der Waals surface area contributed by atoms with Crippen LogP contribution in [0.25, 0.3) is 0 Å². The normalized spacial score (nSPS) is 18.1. The zero-order chi connectivity index (χ0) is 14.7. The molecule has 0 aliphatic carbocycles. The molecule has 0 saturated carbocycles. The summed E-state index contributed by atoms with van der Waals surface area (Å²) in [6, 6.07) is 1.65. The van der Waals surface area contributed by atoms with Crippen LogP contribution in [0.1, 0.15) is 35.0 Å². The standard InChI is InChI=1S/C14H17N5O2/c1-10-17-13(18-21-10)3-2-11-5-7-19(8-11)14(20)12-4-6-15-9-16-12/h4,6,9,11H,2-3,5,7-8H2,1H3. The second-order valence-electron chi connectivity index (χ2n) is 5.27. The van der Waals surface area contributed by atoms with Crippen LogP contribution in [0.15, 0.2) is 23.1 Å². The van der Waals surface area contributed by atoms with Crippen molar-refractivity contribution < 1.29 is 9.32 Å². The van der Waals surface area contributed by atoms with Crippen LogP contribution in [0.2, 0.25) is 0 Å². The average molecular weight is 287 g/mol. The van der Waals surface area contributed by atoms with Gasteiger partial charge in [0, 0.05) is 32.6 Å². The highest BCUT2D eigenvalue weighted by Gasteiger charge is 2.27. The van der Waals surface area contributed by atoms with E-state index in [9.17, 15) is 4.79 Å². The highest BCUT2D eigenvalue weighted by molar-refractivity contribution is 5.92. The predicted molar refractivity (Wildman–Crippen MR) is 73.4 cm³/mol. The largest absolute Gasteiger partial charge is 0.340 e. The first-order chi connectivity index (χ1) is 10.2. The van der Waals surface area contributed by atoms with Gasteiger partial charge in [-0.1, -0.05) is 5.16 Å². The molecule has 1 unspecified atom stereocenters. The molecule has 110 valence electrons. The number of hydrogen-bond acceptors (Lipinski definition) is 6. The minimum atomic E-state index is -0.0182. The topological polar surface area (TPSA) is 85.0 Å². The lowest BCUT2D eigenvalue weighted by Gasteiger charge is -2.15. The maximum absolute atomic E-state index is 12.3. The van der Waals surface area contributed by atoms with E-state index in [2.05, 4.69) is 20.1 Å². The van der Waals surface area contributed by atoms with Gasteiger partial charge in [-0.2, -0.15) is 4.98 Å². The molecule has 7 heteroatoms. The lowest BCUT2D eigenvalue weighted by atomic mass is 10.0. The maximum atomic E-state index is 12.3. The van der Waals surface area contributed by atoms with Gasteiger partial charge >= 0.3 is 0 Å². The van der Waals surface area contributed by atoms with Crippen molar-refractivity contribution >= 4 is 5.91 Å². The maximum Gasteiger partial charge on any atom is 0.272 e. The Balaban J connectivity index is 1.52. The van der Waals surface area contributed by atoms with Gasteiger partial charge in [0.2, 0.25) is 5.89 Å². The van der Waals surface area contributed by atoms with E-state index in [0.717, 1.165) is 38.2 Å². The molecular formula is C14H17N5O2. The molecule has 0 aromatic carbocycles. The van der Waals surface area contributed by atoms with Crippen molar-refractivity contribution in [2.45, 2.75) is 26.2 Å². The summed E-state index contributed by atoms with van der Waals surface area (Å²) in [6.45, 7) is 3.33. The van der Waals surface area contributed by atoms with Crippen molar-refractivity contribution in [3.63, 3.8) is 0 Å². The quantitative estimate of drug-likeness (QED) is 0.841. The van der Waals surface area contributed by atoms with E-state index in [1.165, 1.54) is 6.33 Å². The van der Waals surface area contributed by atoms with Gasteiger partial charge in [-0.05, 0) is 24.8 Å². The van der Waals surface area contributed by atoms with Gasteiger partial charge in [-0.25, -0.2) is 9.97 Å². The highest BCUT2D eigenvalue weighted by Crippen LogP contribution is 2.22. The van der Waals surface area contributed by atoms with Crippen LogP contribution in [-0.4, -0.2) is 44.0 Å². The molecule has 7 nitrogen and oxygen atoms in total. The first-order valence-electron chi connectivity index (χ1n) is 7.07. The zero-order valence-corrected chi connectivity index (χ0v) is 11.9. The summed E-state index contributed by atoms with van der Waals surface area (Å²) in [5.74, 6) is 1.80. The summed E-state index contributed by atoms with van der Waals surface area (Å²) >= 11 is 0. The van der Waals surface area contributed by atoms with E-state index >= 15 is 0 Å². The second kappa shape index (κ2) is 5.99. The van der Waals surface area contributed by atoms with Crippen molar-refractivity contribution in [1.82, 2.24) is 25.0 Å². The fourth-order valence-corrected chi connectivity index (χ4v) is 2.61. The second-order valence-corrected chi connectivity index (χ2v) is 5.27. The van der Waals surface area contributed by atoms with E-state index in [-0.39, 0.29) is 5.91 Å². The Kier molecular flexibility index (Phi) is 3.89. The van der Waals surface area contributed by atoms with Crippen LogP contribution in [0.4, 0.5) is 0 Å². The lowest BCUT2D eigenvalue weighted by molar-refractivity contribution is 0.0780. The monoisotopic (exact) mass is 287 g/mol. The van der Waals surface area contributed by atoms with Crippen LogP contribution in [0.5, 0.6) is 0 Å². The van der Waals surface area contributed by atoms with Crippen molar-refractivity contribution in [3.8, 4) is 0 Å². The van der Waals surface area contributed by atoms with Gasteiger partial charge in [0.1, 0.15) is 12.0 Å². The minimum absolute atomic E-state index is 0.0182. The van der Waals surface area contributed by atoms with Crippen LogP contribution < -0.4 is 0 Å². The van der Waals surface area contributed by atoms with Crippen LogP contribution in [0, 0.1) is 12.8 Å². The summed E-state index contributed by atoms with van der Waals surface area (Å²) < 4.78 is 4.96. The van der Waals surface area contributed by atoms with Crippen LogP contribution in [-0.2, 0) is 6.42 Å². The Labute approximate surface area is 122 Å². The molecule has 1 aliphatic heterocycles. The highest BCUT2D eigenvalue weighted by atomic mass is 16.5. The molecule has 1 amide bonds. The Morgan fingerprint density at radius 1 is 1.52 bits per heavy atom. The number of carbonyl (C=O) groups is 1. The fourth-order valence-electron chi connectivity index (χ4n) is 2.61. The van der Waals surface area contributed by atoms with Gasteiger partial charge < -0.3 is 9.42 Å². The molecule has 3 rings (SSSR count). The molecule has 2 aromatic rings. The molecule has 1 fully saturated rings. The molecule has 21 heavy (non-hydrogen) atoms. The lowest BCUT2D eigenvalue weighted by Crippen LogP contribution is -2.29. The van der Waals surface area contributed by atoms with Crippen molar-refractivity contribution in [2.24, 2.45) is 5.92 Å². The summed E-state index contributed by atoms with van der Waals surface area (Å²) in [6.07, 6.45) is 5.75. The first-order valence-corrected chi connectivity index (χ1v) is 7.07. The van der Waals surface area contributed by atoms with Gasteiger partial charge in [0.15, 0.2) is 5.82 Å². The summed E-state index contributed by atoms with van der Waals surface area (Å²) in [7, 11) is 0. The summed E-state index contributed by atoms with van der Waals surface area (Å²) in [5.41, 5.74) is 0.458. The van der Waals surface area contributed by atoms with E-state index in [1.54, 1.807) is 19.2 Å². The van der Waals surface area contributed by atoms with Gasteiger partial charge in [0.25, 0.3) is 5.91 Å². The zero-order valence-electron chi connectivity index (χ0n) is 11.9. The minimum Gasteiger partial charge on any atom is -0.340 e. The number of amides is 1. The molecule has 0 radical (unpaired) electrons. The Morgan fingerprint density at radius 2 is 2.43 bits per heavy atom. The predicted octanol–water partition coefficient (Wildman–Crippen LogP) is 1.26. The van der Waals surface area contributed by atoms with Crippen LogP contribution >= 0.6 is 0 Å². The molecular weight excluding hydrogens is 270 g/mol. The number of nitrogens with zero attached hydrogens (tertiary/aromatic N) is 5. The van der Waals surface area contributed by atoms with E-state index in [0.29, 0.717) is 17.5 Å². The van der Waals surface area contributed by atoms with Gasteiger partial charge in [-0.15, -0.1) is 0 Å². The summed E-state index contributed by atoms with van der Waals surface area (Å²) in [5, 5.41) is 3.89. The fraction of sp³-hybridized carbons (Fsp3) is 0.500. The van der Waals surface area contributed by atoms with E-state index in [1.807, 2.05) is 4.90 Å². The van der Waals surface area contributed by atoms with E-state index < -0.39 is 0 Å². The number of carbonyl (C=O) groups excluding carboxylic acids is 1. The van der Waals surface area contributed by atoms with E-state index in [4.69, 9.17) is 4.52 Å².